The van der Waals surface area contributed by atoms with Gasteiger partial charge in [-0.15, -0.1) is 0 Å². The summed E-state index contributed by atoms with van der Waals surface area (Å²) in [4.78, 5) is 0. The van der Waals surface area contributed by atoms with E-state index in [0.717, 1.165) is 16.7 Å². The van der Waals surface area contributed by atoms with Crippen molar-refractivity contribution >= 4 is 22.6 Å². The Kier molecular flexibility index (Phi) is 10.9. The van der Waals surface area contributed by atoms with E-state index in [2.05, 4.69) is 48.9 Å². The quantitative estimate of drug-likeness (QED) is 0.137. The zero-order valence-electron chi connectivity index (χ0n) is 15.8. The van der Waals surface area contributed by atoms with Gasteiger partial charge in [-0.2, -0.15) is 0 Å². The number of hydrogen-bond acceptors (Lipinski definition) is 3. The zero-order valence-corrected chi connectivity index (χ0v) is 18.0. The van der Waals surface area contributed by atoms with Crippen molar-refractivity contribution in [2.45, 2.75) is 17.3 Å². The van der Waals surface area contributed by atoms with Gasteiger partial charge in [0.1, 0.15) is 17.3 Å². The summed E-state index contributed by atoms with van der Waals surface area (Å²) in [6.07, 6.45) is 15.7. The monoisotopic (exact) mass is 478 g/mol. The molecule has 0 rings (SSSR count). The standard InChI is InChI=1S/C23H27IO3/c1-7-19(13-16-22(27)10-4)23(24,17(5)11-14-20(25)8-2)18(6)12-15-21(26)9-3/h7-16,25-27H,1-4H2,5-6H3/b17-11+,18-12+,19-13+,20-14+,21-15+,22-16+. The van der Waals surface area contributed by atoms with Crippen molar-refractivity contribution in [2.75, 3.05) is 0 Å². The van der Waals surface area contributed by atoms with Crippen molar-refractivity contribution in [3.8, 4) is 0 Å². The molecule has 3 N–H and O–H groups in total. The van der Waals surface area contributed by atoms with E-state index in [1.165, 1.54) is 24.3 Å². The predicted octanol–water partition coefficient (Wildman–Crippen LogP) is 7.05. The predicted molar refractivity (Wildman–Crippen MR) is 125 cm³/mol. The molecule has 0 aliphatic heterocycles. The largest absolute Gasteiger partial charge is 0.508 e. The van der Waals surface area contributed by atoms with Gasteiger partial charge in [0.25, 0.3) is 0 Å². The van der Waals surface area contributed by atoms with Crippen molar-refractivity contribution in [3.05, 3.63) is 121 Å². The zero-order chi connectivity index (χ0) is 21.0. The summed E-state index contributed by atoms with van der Waals surface area (Å²) in [6.45, 7) is 18.3. The molecule has 0 atom stereocenters. The fraction of sp³-hybridized carbons (Fsp3) is 0.130. The van der Waals surface area contributed by atoms with Crippen molar-refractivity contribution in [3.63, 3.8) is 0 Å². The highest BCUT2D eigenvalue weighted by Gasteiger charge is 2.33. The maximum Gasteiger partial charge on any atom is 0.114 e. The van der Waals surface area contributed by atoms with Crippen LogP contribution >= 0.6 is 22.6 Å². The smallest absolute Gasteiger partial charge is 0.114 e. The van der Waals surface area contributed by atoms with Gasteiger partial charge in [0.05, 0.1) is 3.42 Å². The van der Waals surface area contributed by atoms with Gasteiger partial charge in [-0.05, 0) is 67.0 Å². The van der Waals surface area contributed by atoms with Gasteiger partial charge in [0.2, 0.25) is 0 Å². The fourth-order valence-corrected chi connectivity index (χ4v) is 2.88. The van der Waals surface area contributed by atoms with Gasteiger partial charge in [-0.3, -0.25) is 0 Å². The Morgan fingerprint density at radius 2 is 0.963 bits per heavy atom. The first-order valence-electron chi connectivity index (χ1n) is 8.13. The fourth-order valence-electron chi connectivity index (χ4n) is 2.12. The number of hydrogen-bond donors (Lipinski definition) is 3. The van der Waals surface area contributed by atoms with Crippen LogP contribution in [0.15, 0.2) is 121 Å². The summed E-state index contributed by atoms with van der Waals surface area (Å²) in [5.41, 5.74) is 2.60. The molecule has 0 aliphatic rings. The summed E-state index contributed by atoms with van der Waals surface area (Å²) in [5, 5.41) is 29.0. The Balaban J connectivity index is 6.62. The molecule has 0 aliphatic carbocycles. The first kappa shape index (κ1) is 24.5. The minimum atomic E-state index is -0.645. The molecular weight excluding hydrogens is 451 g/mol. The van der Waals surface area contributed by atoms with E-state index in [4.69, 9.17) is 0 Å². The lowest BCUT2D eigenvalue weighted by atomic mass is 9.84. The number of rotatable bonds is 10. The lowest BCUT2D eigenvalue weighted by Gasteiger charge is -2.31. The Bertz CT molecular complexity index is 731. The number of aliphatic hydroxyl groups is 3. The van der Waals surface area contributed by atoms with Crippen molar-refractivity contribution in [1.29, 1.82) is 0 Å². The molecule has 0 spiro atoms. The van der Waals surface area contributed by atoms with Gasteiger partial charge < -0.3 is 15.3 Å². The molecule has 0 aromatic heterocycles. The third kappa shape index (κ3) is 7.35. The Labute approximate surface area is 176 Å². The lowest BCUT2D eigenvalue weighted by Crippen LogP contribution is -2.26. The third-order valence-corrected chi connectivity index (χ3v) is 6.10. The van der Waals surface area contributed by atoms with E-state index in [0.29, 0.717) is 0 Å². The van der Waals surface area contributed by atoms with Crippen LogP contribution in [0.3, 0.4) is 0 Å². The maximum absolute atomic E-state index is 9.69. The van der Waals surface area contributed by atoms with E-state index in [9.17, 15) is 15.3 Å². The molecule has 0 heterocycles. The molecule has 0 aromatic carbocycles. The Hall–Kier alpha value is -2.47. The second-order valence-electron chi connectivity index (χ2n) is 5.57. The number of aliphatic hydroxyl groups excluding tert-OH is 3. The SMILES string of the molecule is C=C/C(O)=C\C=C(/C)C(I)(/C(C)=C/C=C(/O)C=C)/C(C=C)=C/C=C(/O)C=C. The van der Waals surface area contributed by atoms with E-state index < -0.39 is 3.42 Å². The average molecular weight is 478 g/mol. The topological polar surface area (TPSA) is 60.7 Å². The molecule has 0 aromatic rings. The third-order valence-electron chi connectivity index (χ3n) is 3.77. The minimum absolute atomic E-state index is 0.0322. The van der Waals surface area contributed by atoms with Crippen LogP contribution in [0, 0.1) is 0 Å². The number of allylic oxidation sites excluding steroid dienone is 13. The van der Waals surface area contributed by atoms with Crippen LogP contribution in [-0.4, -0.2) is 18.7 Å². The first-order valence-corrected chi connectivity index (χ1v) is 9.21. The molecule has 0 bridgehead atoms. The Morgan fingerprint density at radius 1 is 0.630 bits per heavy atom. The van der Waals surface area contributed by atoms with Gasteiger partial charge in [-0.25, -0.2) is 0 Å². The normalized spacial score (nSPS) is 17.1. The van der Waals surface area contributed by atoms with Crippen molar-refractivity contribution in [2.24, 2.45) is 0 Å². The molecule has 0 saturated carbocycles. The molecule has 0 radical (unpaired) electrons. The van der Waals surface area contributed by atoms with E-state index >= 15 is 0 Å². The molecule has 0 amide bonds. The van der Waals surface area contributed by atoms with E-state index in [-0.39, 0.29) is 17.3 Å². The molecule has 27 heavy (non-hydrogen) atoms. The summed E-state index contributed by atoms with van der Waals surface area (Å²) in [6, 6.07) is 0. The van der Waals surface area contributed by atoms with Gasteiger partial charge in [-0.1, -0.05) is 73.2 Å². The summed E-state index contributed by atoms with van der Waals surface area (Å²) >= 11 is 2.28. The highest BCUT2D eigenvalue weighted by molar-refractivity contribution is 14.1. The van der Waals surface area contributed by atoms with Crippen LogP contribution in [-0.2, 0) is 0 Å². The van der Waals surface area contributed by atoms with Crippen molar-refractivity contribution in [1.82, 2.24) is 0 Å². The molecular formula is C23H27IO3. The van der Waals surface area contributed by atoms with Crippen molar-refractivity contribution < 1.29 is 15.3 Å². The minimum Gasteiger partial charge on any atom is -0.508 e. The van der Waals surface area contributed by atoms with Gasteiger partial charge in [0.15, 0.2) is 0 Å². The van der Waals surface area contributed by atoms with Crippen LogP contribution in [0.25, 0.3) is 0 Å². The second-order valence-corrected chi connectivity index (χ2v) is 7.19. The number of alkyl halides is 1. The summed E-state index contributed by atoms with van der Waals surface area (Å²) < 4.78 is -0.645. The molecule has 0 unspecified atom stereocenters. The Morgan fingerprint density at radius 3 is 1.26 bits per heavy atom. The van der Waals surface area contributed by atoms with Crippen LogP contribution < -0.4 is 0 Å². The van der Waals surface area contributed by atoms with Crippen LogP contribution in [0.5, 0.6) is 0 Å². The summed E-state index contributed by atoms with van der Waals surface area (Å²) in [5.74, 6) is 0.129. The van der Waals surface area contributed by atoms with E-state index in [1.54, 1.807) is 36.5 Å². The maximum atomic E-state index is 9.69. The highest BCUT2D eigenvalue weighted by Crippen LogP contribution is 2.43. The average Bonchev–Trinajstić information content (AvgIpc) is 2.68. The van der Waals surface area contributed by atoms with Crippen LogP contribution in [0.2, 0.25) is 0 Å². The molecule has 144 valence electrons. The van der Waals surface area contributed by atoms with Gasteiger partial charge in [0, 0.05) is 0 Å². The molecule has 4 heteroatoms. The van der Waals surface area contributed by atoms with Gasteiger partial charge >= 0.3 is 0 Å². The van der Waals surface area contributed by atoms with Crippen LogP contribution in [0.1, 0.15) is 13.8 Å². The first-order chi connectivity index (χ1) is 12.7. The molecule has 0 fully saturated rings. The van der Waals surface area contributed by atoms with E-state index in [1.807, 2.05) is 13.8 Å². The number of halogens is 1. The van der Waals surface area contributed by atoms with Crippen LogP contribution in [0.4, 0.5) is 0 Å². The highest BCUT2D eigenvalue weighted by atomic mass is 127. The molecule has 0 saturated heterocycles. The second kappa shape index (κ2) is 12.0. The molecule has 3 nitrogen and oxygen atoms in total. The lowest BCUT2D eigenvalue weighted by molar-refractivity contribution is 0.432. The summed E-state index contributed by atoms with van der Waals surface area (Å²) in [7, 11) is 0.